The summed E-state index contributed by atoms with van der Waals surface area (Å²) in [7, 11) is -4.23. The molecule has 1 aromatic carbocycles. The van der Waals surface area contributed by atoms with Crippen molar-refractivity contribution in [2.24, 2.45) is 11.8 Å². The molecular weight excluding hydrogens is 564 g/mol. The van der Waals surface area contributed by atoms with Gasteiger partial charge in [-0.25, -0.2) is 0 Å². The van der Waals surface area contributed by atoms with Gasteiger partial charge < -0.3 is 10.6 Å². The Morgan fingerprint density at radius 2 is 1.33 bits per heavy atom. The number of anilines is 1. The van der Waals surface area contributed by atoms with E-state index in [9.17, 15) is 22.8 Å². The highest BCUT2D eigenvalue weighted by atomic mass is 32.2. The smallest absolute Gasteiger partial charge is 0.294 e. The van der Waals surface area contributed by atoms with Crippen LogP contribution in [0.4, 0.5) is 5.69 Å². The van der Waals surface area contributed by atoms with Gasteiger partial charge in [0.15, 0.2) is 0 Å². The van der Waals surface area contributed by atoms with Crippen LogP contribution < -0.4 is 10.6 Å². The number of hydrogen-bond acceptors (Lipinski definition) is 5. The molecule has 1 aromatic rings. The Bertz CT molecular complexity index is 1060. The summed E-state index contributed by atoms with van der Waals surface area (Å²) in [6.45, 7) is 2.90. The van der Waals surface area contributed by atoms with Crippen LogP contribution in [0.2, 0.25) is 0 Å². The van der Waals surface area contributed by atoms with Crippen molar-refractivity contribution in [2.75, 3.05) is 11.9 Å². The van der Waals surface area contributed by atoms with Gasteiger partial charge >= 0.3 is 0 Å². The topological polar surface area (TPSA) is 130 Å². The van der Waals surface area contributed by atoms with Crippen LogP contribution in [-0.4, -0.2) is 37.1 Å². The predicted molar refractivity (Wildman–Crippen MR) is 173 cm³/mol. The van der Waals surface area contributed by atoms with Gasteiger partial charge in [-0.1, -0.05) is 90.4 Å². The number of amides is 2. The summed E-state index contributed by atoms with van der Waals surface area (Å²) in [5, 5.41) is 5.79. The Balaban J connectivity index is 1.41. The van der Waals surface area contributed by atoms with Gasteiger partial charge in [-0.3, -0.25) is 18.9 Å². The molecule has 9 heteroatoms. The van der Waals surface area contributed by atoms with Gasteiger partial charge in [0.25, 0.3) is 10.1 Å². The maximum atomic E-state index is 12.5. The molecule has 8 nitrogen and oxygen atoms in total. The van der Waals surface area contributed by atoms with Crippen LogP contribution in [0.15, 0.2) is 29.2 Å². The van der Waals surface area contributed by atoms with Gasteiger partial charge in [-0.15, -0.1) is 0 Å². The highest BCUT2D eigenvalue weighted by Gasteiger charge is 2.31. The van der Waals surface area contributed by atoms with E-state index < -0.39 is 10.1 Å². The summed E-state index contributed by atoms with van der Waals surface area (Å²) in [6.07, 6.45) is 21.8. The third kappa shape index (κ3) is 17.0. The van der Waals surface area contributed by atoms with Crippen molar-refractivity contribution in [3.8, 4) is 0 Å². The van der Waals surface area contributed by atoms with E-state index >= 15 is 0 Å². The van der Waals surface area contributed by atoms with E-state index in [-0.39, 0.29) is 22.6 Å². The number of hydrogen-bond donors (Lipinski definition) is 3. The molecule has 43 heavy (non-hydrogen) atoms. The average Bonchev–Trinajstić information content (AvgIpc) is 3.32. The van der Waals surface area contributed by atoms with E-state index in [1.807, 2.05) is 0 Å². The minimum atomic E-state index is -4.23. The Morgan fingerprint density at radius 1 is 0.767 bits per heavy atom. The molecular formula is C34H56N2O6S. The van der Waals surface area contributed by atoms with E-state index in [2.05, 4.69) is 17.6 Å². The summed E-state index contributed by atoms with van der Waals surface area (Å²) in [5.41, 5.74) is 0.505. The van der Waals surface area contributed by atoms with Crippen LogP contribution in [0.5, 0.6) is 0 Å². The fourth-order valence-corrected chi connectivity index (χ4v) is 6.49. The number of nitrogens with one attached hydrogen (secondary N) is 2. The van der Waals surface area contributed by atoms with Crippen LogP contribution in [-0.2, 0) is 24.5 Å². The molecule has 1 aliphatic rings. The van der Waals surface area contributed by atoms with E-state index in [0.29, 0.717) is 36.8 Å². The number of ketones is 1. The van der Waals surface area contributed by atoms with Gasteiger partial charge in [0, 0.05) is 37.4 Å². The van der Waals surface area contributed by atoms with Gasteiger partial charge in [0.1, 0.15) is 5.78 Å². The number of rotatable bonds is 24. The Hall–Kier alpha value is -2.26. The third-order valence-electron chi connectivity index (χ3n) is 8.57. The standard InChI is InChI=1S/C34H56N2O6S/c1-2-3-4-5-7-11-14-19-33(38)35-25-16-18-29-26-28(27-32(29)37)17-13-10-8-6-9-12-15-20-34(39)36-30-21-23-31(24-22-30)43(40,41)42/h21-24,28-29H,2-20,25-27H2,1H3,(H,35,38)(H,36,39)(H,40,41,42). The number of carbonyl (C=O) groups is 3. The second-order valence-corrected chi connectivity index (χ2v) is 13.8. The zero-order valence-corrected chi connectivity index (χ0v) is 27.2. The minimum Gasteiger partial charge on any atom is -0.356 e. The lowest BCUT2D eigenvalue weighted by Gasteiger charge is -2.11. The molecule has 2 amide bonds. The summed E-state index contributed by atoms with van der Waals surface area (Å²) >= 11 is 0. The first kappa shape index (κ1) is 36.9. The first-order valence-electron chi connectivity index (χ1n) is 16.9. The molecule has 1 aliphatic carbocycles. The van der Waals surface area contributed by atoms with Crippen LogP contribution in [0.25, 0.3) is 0 Å². The third-order valence-corrected chi connectivity index (χ3v) is 9.44. The molecule has 0 radical (unpaired) electrons. The first-order chi connectivity index (χ1) is 20.7. The molecule has 0 saturated heterocycles. The molecule has 1 fully saturated rings. The lowest BCUT2D eigenvalue weighted by Crippen LogP contribution is -2.24. The maximum absolute atomic E-state index is 12.5. The molecule has 2 rings (SSSR count). The minimum absolute atomic E-state index is 0.104. The normalized spacial score (nSPS) is 16.8. The quantitative estimate of drug-likeness (QED) is 0.0793. The Kier molecular flexibility index (Phi) is 18.4. The molecule has 0 spiro atoms. The molecule has 0 heterocycles. The summed E-state index contributed by atoms with van der Waals surface area (Å²) in [5.74, 6) is 1.16. The SMILES string of the molecule is CCCCCCCCCC(=O)NCCCC1CC(CCCCCCCCCC(=O)Nc2ccc(S(=O)(=O)O)cc2)CC1=O. The molecule has 2 unspecified atom stereocenters. The molecule has 244 valence electrons. The van der Waals surface area contributed by atoms with E-state index in [4.69, 9.17) is 4.55 Å². The highest BCUT2D eigenvalue weighted by molar-refractivity contribution is 7.85. The Labute approximate surface area is 260 Å². The molecule has 1 saturated carbocycles. The molecule has 2 atom stereocenters. The summed E-state index contributed by atoms with van der Waals surface area (Å²) < 4.78 is 31.2. The van der Waals surface area contributed by atoms with Gasteiger partial charge in [-0.2, -0.15) is 8.42 Å². The van der Waals surface area contributed by atoms with Crippen molar-refractivity contribution in [3.05, 3.63) is 24.3 Å². The van der Waals surface area contributed by atoms with Crippen LogP contribution in [0.1, 0.15) is 142 Å². The monoisotopic (exact) mass is 620 g/mol. The fraction of sp³-hybridized carbons (Fsp3) is 0.735. The van der Waals surface area contributed by atoms with Crippen LogP contribution in [0.3, 0.4) is 0 Å². The largest absolute Gasteiger partial charge is 0.356 e. The fourth-order valence-electron chi connectivity index (χ4n) is 6.01. The number of Topliss-reactive ketones (excluding diaryl/α,β-unsaturated/α-hetero) is 1. The highest BCUT2D eigenvalue weighted by Crippen LogP contribution is 2.34. The molecule has 0 aliphatic heterocycles. The maximum Gasteiger partial charge on any atom is 0.294 e. The number of carbonyl (C=O) groups excluding carboxylic acids is 3. The van der Waals surface area contributed by atoms with Crippen molar-refractivity contribution in [3.63, 3.8) is 0 Å². The summed E-state index contributed by atoms with van der Waals surface area (Å²) in [6, 6.07) is 5.44. The summed E-state index contributed by atoms with van der Waals surface area (Å²) in [4.78, 5) is 36.4. The van der Waals surface area contributed by atoms with Gasteiger partial charge in [0.05, 0.1) is 4.90 Å². The van der Waals surface area contributed by atoms with Crippen LogP contribution >= 0.6 is 0 Å². The molecule has 3 N–H and O–H groups in total. The van der Waals surface area contributed by atoms with Crippen molar-refractivity contribution < 1.29 is 27.4 Å². The zero-order chi connectivity index (χ0) is 31.3. The zero-order valence-electron chi connectivity index (χ0n) is 26.4. The van der Waals surface area contributed by atoms with Crippen molar-refractivity contribution in [2.45, 2.75) is 147 Å². The molecule has 0 aromatic heterocycles. The second-order valence-electron chi connectivity index (χ2n) is 12.4. The molecule has 0 bridgehead atoms. The lowest BCUT2D eigenvalue weighted by molar-refractivity contribution is -0.121. The van der Waals surface area contributed by atoms with Gasteiger partial charge in [0.2, 0.25) is 11.8 Å². The average molecular weight is 621 g/mol. The Morgan fingerprint density at radius 3 is 1.93 bits per heavy atom. The second kappa shape index (κ2) is 21.4. The van der Waals surface area contributed by atoms with Crippen molar-refractivity contribution in [1.29, 1.82) is 0 Å². The van der Waals surface area contributed by atoms with Crippen molar-refractivity contribution in [1.82, 2.24) is 5.32 Å². The van der Waals surface area contributed by atoms with E-state index in [1.54, 1.807) is 0 Å². The first-order valence-corrected chi connectivity index (χ1v) is 18.3. The predicted octanol–water partition coefficient (Wildman–Crippen LogP) is 8.02. The van der Waals surface area contributed by atoms with E-state index in [0.717, 1.165) is 77.0 Å². The van der Waals surface area contributed by atoms with Crippen molar-refractivity contribution >= 4 is 33.4 Å². The lowest BCUT2D eigenvalue weighted by atomic mass is 9.95. The van der Waals surface area contributed by atoms with E-state index in [1.165, 1.54) is 69.2 Å². The van der Waals surface area contributed by atoms with Crippen LogP contribution in [0, 0.1) is 11.8 Å². The van der Waals surface area contributed by atoms with Gasteiger partial charge in [-0.05, 0) is 62.3 Å². The number of benzene rings is 1. The number of unbranched alkanes of at least 4 members (excludes halogenated alkanes) is 12.